The van der Waals surface area contributed by atoms with E-state index in [0.29, 0.717) is 5.52 Å². The lowest BCUT2D eigenvalue weighted by Gasteiger charge is -2.13. The highest BCUT2D eigenvalue weighted by Gasteiger charge is 2.20. The Bertz CT molecular complexity index is 578. The lowest BCUT2D eigenvalue weighted by atomic mass is 10.1. The minimum absolute atomic E-state index is 0.226. The van der Waals surface area contributed by atoms with Gasteiger partial charge in [0.1, 0.15) is 11.3 Å². The molecule has 0 radical (unpaired) electrons. The standard InChI is InChI=1S/C14H15FN2/c1-2-16-13-9-5-4-8-12(9)17-14-10(13)6-3-7-11(14)15/h3,6-7H,2,4-5,8H2,1H3,(H,16,17). The van der Waals surface area contributed by atoms with Gasteiger partial charge in [-0.2, -0.15) is 0 Å². The van der Waals surface area contributed by atoms with Crippen molar-refractivity contribution in [1.82, 2.24) is 4.98 Å². The Hall–Kier alpha value is -1.64. The van der Waals surface area contributed by atoms with Crippen LogP contribution in [0.25, 0.3) is 10.9 Å². The summed E-state index contributed by atoms with van der Waals surface area (Å²) in [5.41, 5.74) is 3.94. The fraction of sp³-hybridized carbons (Fsp3) is 0.357. The van der Waals surface area contributed by atoms with Gasteiger partial charge >= 0.3 is 0 Å². The van der Waals surface area contributed by atoms with E-state index in [4.69, 9.17) is 0 Å². The molecule has 1 aliphatic rings. The number of nitrogens with one attached hydrogen (secondary N) is 1. The second-order valence-electron chi connectivity index (χ2n) is 4.43. The maximum Gasteiger partial charge on any atom is 0.149 e. The highest BCUT2D eigenvalue weighted by molar-refractivity contribution is 5.94. The molecular weight excluding hydrogens is 215 g/mol. The average Bonchev–Trinajstić information content (AvgIpc) is 2.78. The van der Waals surface area contributed by atoms with Crippen LogP contribution in [0, 0.1) is 5.82 Å². The zero-order chi connectivity index (χ0) is 11.8. The first-order valence-corrected chi connectivity index (χ1v) is 6.15. The van der Waals surface area contributed by atoms with Gasteiger partial charge in [0.05, 0.1) is 0 Å². The third-order valence-electron chi connectivity index (χ3n) is 3.35. The number of rotatable bonds is 2. The van der Waals surface area contributed by atoms with E-state index in [1.807, 2.05) is 6.07 Å². The van der Waals surface area contributed by atoms with Gasteiger partial charge in [-0.05, 0) is 37.8 Å². The minimum Gasteiger partial charge on any atom is -0.384 e. The van der Waals surface area contributed by atoms with E-state index < -0.39 is 0 Å². The normalized spacial score (nSPS) is 14.0. The van der Waals surface area contributed by atoms with Crippen LogP contribution in [0.3, 0.4) is 0 Å². The summed E-state index contributed by atoms with van der Waals surface area (Å²) in [6.45, 7) is 2.91. The van der Waals surface area contributed by atoms with Crippen LogP contribution in [0.15, 0.2) is 18.2 Å². The van der Waals surface area contributed by atoms with Crippen molar-refractivity contribution in [2.45, 2.75) is 26.2 Å². The summed E-state index contributed by atoms with van der Waals surface area (Å²) in [7, 11) is 0. The smallest absolute Gasteiger partial charge is 0.149 e. The molecule has 17 heavy (non-hydrogen) atoms. The van der Waals surface area contributed by atoms with Crippen molar-refractivity contribution in [3.05, 3.63) is 35.3 Å². The van der Waals surface area contributed by atoms with Crippen molar-refractivity contribution in [3.8, 4) is 0 Å². The predicted octanol–water partition coefficient (Wildman–Crippen LogP) is 3.29. The Balaban J connectivity index is 2.36. The summed E-state index contributed by atoms with van der Waals surface area (Å²) in [6, 6.07) is 5.18. The molecule has 0 aliphatic heterocycles. The summed E-state index contributed by atoms with van der Waals surface area (Å²) in [6.07, 6.45) is 3.15. The molecule has 88 valence electrons. The molecule has 0 saturated carbocycles. The quantitative estimate of drug-likeness (QED) is 0.856. The summed E-state index contributed by atoms with van der Waals surface area (Å²) in [5, 5.41) is 4.28. The highest BCUT2D eigenvalue weighted by atomic mass is 19.1. The lowest BCUT2D eigenvalue weighted by Crippen LogP contribution is -2.04. The van der Waals surface area contributed by atoms with Crippen molar-refractivity contribution in [1.29, 1.82) is 0 Å². The van der Waals surface area contributed by atoms with Gasteiger partial charge in [-0.3, -0.25) is 0 Å². The zero-order valence-corrected chi connectivity index (χ0v) is 9.89. The van der Waals surface area contributed by atoms with E-state index in [9.17, 15) is 4.39 Å². The van der Waals surface area contributed by atoms with Crippen molar-refractivity contribution in [2.24, 2.45) is 0 Å². The Morgan fingerprint density at radius 1 is 1.35 bits per heavy atom. The number of anilines is 1. The van der Waals surface area contributed by atoms with Gasteiger partial charge < -0.3 is 5.32 Å². The molecule has 0 spiro atoms. The average molecular weight is 230 g/mol. The molecule has 1 aromatic heterocycles. The SMILES string of the molecule is CCNc1c2c(nc3c(F)cccc13)CCC2. The van der Waals surface area contributed by atoms with Crippen molar-refractivity contribution in [2.75, 3.05) is 11.9 Å². The second-order valence-corrected chi connectivity index (χ2v) is 4.43. The number of aryl methyl sites for hydroxylation is 1. The number of hydrogen-bond acceptors (Lipinski definition) is 2. The van der Waals surface area contributed by atoms with Gasteiger partial charge in [0, 0.05) is 23.3 Å². The van der Waals surface area contributed by atoms with E-state index in [-0.39, 0.29) is 5.82 Å². The van der Waals surface area contributed by atoms with Crippen LogP contribution in [0.2, 0.25) is 0 Å². The van der Waals surface area contributed by atoms with Crippen molar-refractivity contribution < 1.29 is 4.39 Å². The van der Waals surface area contributed by atoms with Crippen LogP contribution in [0.1, 0.15) is 24.6 Å². The van der Waals surface area contributed by atoms with Crippen LogP contribution in [-0.4, -0.2) is 11.5 Å². The Labute approximate surface area is 99.9 Å². The predicted molar refractivity (Wildman–Crippen MR) is 67.9 cm³/mol. The van der Waals surface area contributed by atoms with Crippen LogP contribution < -0.4 is 5.32 Å². The summed E-state index contributed by atoms with van der Waals surface area (Å²) in [4.78, 5) is 4.48. The first kappa shape index (κ1) is 10.5. The largest absolute Gasteiger partial charge is 0.384 e. The number of fused-ring (bicyclic) bond motifs is 2. The molecule has 3 rings (SSSR count). The monoisotopic (exact) mass is 230 g/mol. The molecule has 0 fully saturated rings. The maximum atomic E-state index is 13.8. The Morgan fingerprint density at radius 2 is 2.24 bits per heavy atom. The van der Waals surface area contributed by atoms with E-state index in [2.05, 4.69) is 17.2 Å². The van der Waals surface area contributed by atoms with E-state index in [0.717, 1.165) is 42.6 Å². The molecule has 2 aromatic rings. The molecule has 1 aromatic carbocycles. The number of halogens is 1. The van der Waals surface area contributed by atoms with Gasteiger partial charge in [0.2, 0.25) is 0 Å². The molecule has 0 unspecified atom stereocenters. The molecule has 1 aliphatic carbocycles. The third-order valence-corrected chi connectivity index (χ3v) is 3.35. The van der Waals surface area contributed by atoms with Crippen LogP contribution in [0.5, 0.6) is 0 Å². The highest BCUT2D eigenvalue weighted by Crippen LogP contribution is 2.34. The Kier molecular flexibility index (Phi) is 2.46. The molecule has 1 heterocycles. The summed E-state index contributed by atoms with van der Waals surface area (Å²) >= 11 is 0. The van der Waals surface area contributed by atoms with Gasteiger partial charge in [0.15, 0.2) is 0 Å². The lowest BCUT2D eigenvalue weighted by molar-refractivity contribution is 0.636. The molecule has 0 saturated heterocycles. The number of aromatic nitrogens is 1. The molecule has 1 N–H and O–H groups in total. The second kappa shape index (κ2) is 3.99. The molecular formula is C14H15FN2. The van der Waals surface area contributed by atoms with Crippen LogP contribution in [0.4, 0.5) is 10.1 Å². The van der Waals surface area contributed by atoms with Crippen molar-refractivity contribution in [3.63, 3.8) is 0 Å². The number of para-hydroxylation sites is 1. The zero-order valence-electron chi connectivity index (χ0n) is 9.89. The van der Waals surface area contributed by atoms with E-state index in [1.165, 1.54) is 11.6 Å². The van der Waals surface area contributed by atoms with Crippen LogP contribution >= 0.6 is 0 Å². The molecule has 0 atom stereocenters. The number of nitrogens with zero attached hydrogens (tertiary/aromatic N) is 1. The third kappa shape index (κ3) is 1.57. The fourth-order valence-electron chi connectivity index (χ4n) is 2.63. The number of hydrogen-bond donors (Lipinski definition) is 1. The number of benzene rings is 1. The molecule has 0 bridgehead atoms. The van der Waals surface area contributed by atoms with Gasteiger partial charge in [0.25, 0.3) is 0 Å². The number of pyridine rings is 1. The molecule has 0 amide bonds. The maximum absolute atomic E-state index is 13.8. The molecule has 3 heteroatoms. The van der Waals surface area contributed by atoms with Gasteiger partial charge in [-0.1, -0.05) is 12.1 Å². The Morgan fingerprint density at radius 3 is 3.06 bits per heavy atom. The first-order chi connectivity index (χ1) is 8.31. The van der Waals surface area contributed by atoms with Gasteiger partial charge in [-0.15, -0.1) is 0 Å². The summed E-state index contributed by atoms with van der Waals surface area (Å²) < 4.78 is 13.8. The molecule has 2 nitrogen and oxygen atoms in total. The minimum atomic E-state index is -0.226. The van der Waals surface area contributed by atoms with Crippen LogP contribution in [-0.2, 0) is 12.8 Å². The van der Waals surface area contributed by atoms with Crippen molar-refractivity contribution >= 4 is 16.6 Å². The van der Waals surface area contributed by atoms with E-state index >= 15 is 0 Å². The fourth-order valence-corrected chi connectivity index (χ4v) is 2.63. The van der Waals surface area contributed by atoms with E-state index in [1.54, 1.807) is 6.07 Å². The van der Waals surface area contributed by atoms with Gasteiger partial charge in [-0.25, -0.2) is 9.37 Å². The summed E-state index contributed by atoms with van der Waals surface area (Å²) in [5.74, 6) is -0.226. The topological polar surface area (TPSA) is 24.9 Å². The first-order valence-electron chi connectivity index (χ1n) is 6.15.